The summed E-state index contributed by atoms with van der Waals surface area (Å²) in [5.41, 5.74) is 1.94. The van der Waals surface area contributed by atoms with Gasteiger partial charge in [0.25, 0.3) is 0 Å². The molecule has 80 valence electrons. The van der Waals surface area contributed by atoms with E-state index in [1.54, 1.807) is 11.3 Å². The number of thiazole rings is 1. The van der Waals surface area contributed by atoms with Crippen molar-refractivity contribution in [3.63, 3.8) is 0 Å². The number of hydrogen-bond acceptors (Lipinski definition) is 5. The molecule has 0 aliphatic carbocycles. The van der Waals surface area contributed by atoms with Crippen LogP contribution in [0.25, 0.3) is 10.6 Å². The summed E-state index contributed by atoms with van der Waals surface area (Å²) in [7, 11) is 1.89. The van der Waals surface area contributed by atoms with E-state index in [4.69, 9.17) is 4.42 Å². The number of aryl methyl sites for hydroxylation is 2. The summed E-state index contributed by atoms with van der Waals surface area (Å²) in [6.45, 7) is 4.70. The first-order chi connectivity index (χ1) is 7.22. The molecule has 2 rings (SSSR count). The quantitative estimate of drug-likeness (QED) is 0.866. The molecular weight excluding hydrogens is 210 g/mol. The molecule has 0 saturated carbocycles. The maximum atomic E-state index is 5.42. The van der Waals surface area contributed by atoms with Gasteiger partial charge in [0.2, 0.25) is 0 Å². The zero-order chi connectivity index (χ0) is 10.8. The zero-order valence-corrected chi connectivity index (χ0v) is 9.81. The van der Waals surface area contributed by atoms with Crippen molar-refractivity contribution >= 4 is 11.3 Å². The van der Waals surface area contributed by atoms with Gasteiger partial charge in [-0.3, -0.25) is 0 Å². The van der Waals surface area contributed by atoms with Crippen LogP contribution in [0, 0.1) is 13.8 Å². The standard InChI is InChI=1S/C10H13N3OS/c1-6-10(15-7(2)13-6)9-8(4-11-3)12-5-14-9/h5,11H,4H2,1-3H3. The van der Waals surface area contributed by atoms with Gasteiger partial charge in [-0.2, -0.15) is 0 Å². The van der Waals surface area contributed by atoms with Gasteiger partial charge in [0.05, 0.1) is 15.6 Å². The second-order valence-corrected chi connectivity index (χ2v) is 4.51. The highest BCUT2D eigenvalue weighted by atomic mass is 32.1. The molecule has 0 aliphatic rings. The fraction of sp³-hybridized carbons (Fsp3) is 0.400. The van der Waals surface area contributed by atoms with E-state index in [2.05, 4.69) is 15.3 Å². The minimum atomic E-state index is 0.711. The van der Waals surface area contributed by atoms with Crippen LogP contribution in [0.2, 0.25) is 0 Å². The molecule has 0 atom stereocenters. The second-order valence-electron chi connectivity index (χ2n) is 3.31. The Labute approximate surface area is 92.4 Å². The average molecular weight is 223 g/mol. The Morgan fingerprint density at radius 3 is 2.87 bits per heavy atom. The highest BCUT2D eigenvalue weighted by Crippen LogP contribution is 2.31. The Kier molecular flexibility index (Phi) is 2.83. The maximum absolute atomic E-state index is 5.42. The summed E-state index contributed by atoms with van der Waals surface area (Å²) >= 11 is 1.64. The van der Waals surface area contributed by atoms with E-state index in [9.17, 15) is 0 Å². The fourth-order valence-corrected chi connectivity index (χ4v) is 2.42. The Morgan fingerprint density at radius 2 is 2.27 bits per heavy atom. The van der Waals surface area contributed by atoms with Crippen molar-refractivity contribution in [1.29, 1.82) is 0 Å². The highest BCUT2D eigenvalue weighted by Gasteiger charge is 2.15. The van der Waals surface area contributed by atoms with Crippen LogP contribution in [0.3, 0.4) is 0 Å². The topological polar surface area (TPSA) is 51.0 Å². The van der Waals surface area contributed by atoms with Crippen LogP contribution in [0.4, 0.5) is 0 Å². The van der Waals surface area contributed by atoms with Crippen LogP contribution < -0.4 is 5.32 Å². The number of nitrogens with one attached hydrogen (secondary N) is 1. The van der Waals surface area contributed by atoms with Gasteiger partial charge in [-0.15, -0.1) is 11.3 Å². The van der Waals surface area contributed by atoms with Crippen molar-refractivity contribution in [2.75, 3.05) is 7.05 Å². The predicted octanol–water partition coefficient (Wildman–Crippen LogP) is 2.13. The van der Waals surface area contributed by atoms with Gasteiger partial charge < -0.3 is 9.73 Å². The molecule has 0 bridgehead atoms. The summed E-state index contributed by atoms with van der Waals surface area (Å²) < 4.78 is 5.42. The van der Waals surface area contributed by atoms with E-state index in [-0.39, 0.29) is 0 Å². The highest BCUT2D eigenvalue weighted by molar-refractivity contribution is 7.15. The van der Waals surface area contributed by atoms with Gasteiger partial charge in [0.15, 0.2) is 12.2 Å². The van der Waals surface area contributed by atoms with E-state index in [1.807, 2.05) is 20.9 Å². The summed E-state index contributed by atoms with van der Waals surface area (Å²) in [5.74, 6) is 0.840. The van der Waals surface area contributed by atoms with Gasteiger partial charge >= 0.3 is 0 Å². The molecule has 0 aliphatic heterocycles. The third-order valence-corrected chi connectivity index (χ3v) is 3.17. The third kappa shape index (κ3) is 1.93. The molecule has 1 N–H and O–H groups in total. The second kappa shape index (κ2) is 4.12. The monoisotopic (exact) mass is 223 g/mol. The molecule has 2 aromatic rings. The number of hydrogen-bond donors (Lipinski definition) is 1. The lowest BCUT2D eigenvalue weighted by Crippen LogP contribution is -2.06. The number of oxazole rings is 1. The minimum absolute atomic E-state index is 0.711. The van der Waals surface area contributed by atoms with Crippen LogP contribution in [0.5, 0.6) is 0 Å². The lowest BCUT2D eigenvalue weighted by atomic mass is 10.2. The first-order valence-electron chi connectivity index (χ1n) is 4.73. The van der Waals surface area contributed by atoms with Crippen LogP contribution in [0.1, 0.15) is 16.4 Å². The van der Waals surface area contributed by atoms with Crippen molar-refractivity contribution < 1.29 is 4.42 Å². The molecule has 0 unspecified atom stereocenters. The van der Waals surface area contributed by atoms with E-state index in [1.165, 1.54) is 6.39 Å². The van der Waals surface area contributed by atoms with Crippen LogP contribution >= 0.6 is 11.3 Å². The van der Waals surface area contributed by atoms with Crippen LogP contribution in [-0.2, 0) is 6.54 Å². The van der Waals surface area contributed by atoms with Gasteiger partial charge in [-0.1, -0.05) is 0 Å². The van der Waals surface area contributed by atoms with Gasteiger partial charge in [0.1, 0.15) is 5.69 Å². The molecule has 0 saturated heterocycles. The molecule has 2 heterocycles. The van der Waals surface area contributed by atoms with Crippen molar-refractivity contribution in [3.05, 3.63) is 22.8 Å². The van der Waals surface area contributed by atoms with Crippen LogP contribution in [-0.4, -0.2) is 17.0 Å². The Morgan fingerprint density at radius 1 is 1.47 bits per heavy atom. The molecular formula is C10H13N3OS. The van der Waals surface area contributed by atoms with E-state index < -0.39 is 0 Å². The lowest BCUT2D eigenvalue weighted by Gasteiger charge is -1.97. The normalized spacial score (nSPS) is 10.9. The molecule has 0 radical (unpaired) electrons. The van der Waals surface area contributed by atoms with E-state index in [0.717, 1.165) is 27.0 Å². The van der Waals surface area contributed by atoms with Gasteiger partial charge in [0, 0.05) is 6.54 Å². The first-order valence-corrected chi connectivity index (χ1v) is 5.55. The van der Waals surface area contributed by atoms with Gasteiger partial charge in [-0.25, -0.2) is 9.97 Å². The Balaban J connectivity index is 2.44. The summed E-state index contributed by atoms with van der Waals surface area (Å²) in [6, 6.07) is 0. The summed E-state index contributed by atoms with van der Waals surface area (Å²) in [4.78, 5) is 9.64. The number of aromatic nitrogens is 2. The average Bonchev–Trinajstić information content (AvgIpc) is 2.73. The molecule has 4 nitrogen and oxygen atoms in total. The summed E-state index contributed by atoms with van der Waals surface area (Å²) in [5, 5.41) is 4.12. The maximum Gasteiger partial charge on any atom is 0.181 e. The number of nitrogens with zero attached hydrogens (tertiary/aromatic N) is 2. The lowest BCUT2D eigenvalue weighted by molar-refractivity contribution is 0.571. The van der Waals surface area contributed by atoms with Gasteiger partial charge in [-0.05, 0) is 20.9 Å². The third-order valence-electron chi connectivity index (χ3n) is 2.10. The van der Waals surface area contributed by atoms with E-state index >= 15 is 0 Å². The van der Waals surface area contributed by atoms with Crippen molar-refractivity contribution in [1.82, 2.24) is 15.3 Å². The molecule has 0 aromatic carbocycles. The van der Waals surface area contributed by atoms with E-state index in [0.29, 0.717) is 6.54 Å². The van der Waals surface area contributed by atoms with Crippen molar-refractivity contribution in [2.45, 2.75) is 20.4 Å². The largest absolute Gasteiger partial charge is 0.442 e. The Bertz CT molecular complexity index is 461. The Hall–Kier alpha value is -1.20. The molecule has 15 heavy (non-hydrogen) atoms. The molecule has 0 fully saturated rings. The predicted molar refractivity (Wildman–Crippen MR) is 59.8 cm³/mol. The number of rotatable bonds is 3. The SMILES string of the molecule is CNCc1ncoc1-c1sc(C)nc1C. The van der Waals surface area contributed by atoms with Crippen molar-refractivity contribution in [3.8, 4) is 10.6 Å². The first kappa shape index (κ1) is 10.3. The molecule has 2 aromatic heterocycles. The molecule has 0 spiro atoms. The molecule has 5 heteroatoms. The zero-order valence-electron chi connectivity index (χ0n) is 9.00. The molecule has 0 amide bonds. The fourth-order valence-electron chi connectivity index (χ4n) is 1.49. The van der Waals surface area contributed by atoms with Crippen LogP contribution in [0.15, 0.2) is 10.8 Å². The smallest absolute Gasteiger partial charge is 0.181 e. The summed E-state index contributed by atoms with van der Waals surface area (Å²) in [6.07, 6.45) is 1.48. The van der Waals surface area contributed by atoms with Crippen molar-refractivity contribution in [2.24, 2.45) is 0 Å². The minimum Gasteiger partial charge on any atom is -0.442 e.